The topological polar surface area (TPSA) is 35.5 Å². The Bertz CT molecular complexity index is 183. The number of rotatable bonds is 2. The van der Waals surface area contributed by atoms with Crippen molar-refractivity contribution in [2.75, 3.05) is 19.8 Å². The van der Waals surface area contributed by atoms with Crippen LogP contribution in [0.4, 0.5) is 0 Å². The van der Waals surface area contributed by atoms with E-state index in [0.29, 0.717) is 19.8 Å². The molecule has 1 aliphatic rings. The summed E-state index contributed by atoms with van der Waals surface area (Å²) in [5.74, 6) is -0.137. The van der Waals surface area contributed by atoms with E-state index in [-0.39, 0.29) is 9.89 Å². The summed E-state index contributed by atoms with van der Waals surface area (Å²) in [6, 6.07) is 0. The van der Waals surface area contributed by atoms with Gasteiger partial charge >= 0.3 is 5.97 Å². The Balaban J connectivity index is 2.63. The monoisotopic (exact) mass is 284 g/mol. The van der Waals surface area contributed by atoms with Crippen molar-refractivity contribution in [1.29, 1.82) is 0 Å². The van der Waals surface area contributed by atoms with Crippen LogP contribution in [0, 0.1) is 5.41 Å². The molecule has 1 aliphatic heterocycles. The minimum absolute atomic E-state index is 0.137. The molecule has 0 saturated carbocycles. The third kappa shape index (κ3) is 1.74. The molecule has 0 aliphatic carbocycles. The van der Waals surface area contributed by atoms with Crippen molar-refractivity contribution in [2.45, 2.75) is 17.8 Å². The highest BCUT2D eigenvalue weighted by molar-refractivity contribution is 14.1. The van der Waals surface area contributed by atoms with Gasteiger partial charge in [0.1, 0.15) is 5.41 Å². The Morgan fingerprint density at radius 1 is 1.83 bits per heavy atom. The maximum absolute atomic E-state index is 11.5. The van der Waals surface area contributed by atoms with E-state index in [0.717, 1.165) is 0 Å². The second-order valence-electron chi connectivity index (χ2n) is 3.12. The zero-order valence-electron chi connectivity index (χ0n) is 7.30. The van der Waals surface area contributed by atoms with Gasteiger partial charge in [-0.15, -0.1) is 0 Å². The predicted octanol–water partition coefficient (Wildman–Crippen LogP) is 1.39. The van der Waals surface area contributed by atoms with Crippen molar-refractivity contribution in [3.63, 3.8) is 0 Å². The maximum Gasteiger partial charge on any atom is 0.315 e. The van der Waals surface area contributed by atoms with Crippen molar-refractivity contribution < 1.29 is 14.3 Å². The number of hydrogen-bond acceptors (Lipinski definition) is 3. The summed E-state index contributed by atoms with van der Waals surface area (Å²) in [7, 11) is 0. The van der Waals surface area contributed by atoms with Crippen molar-refractivity contribution >= 4 is 28.6 Å². The summed E-state index contributed by atoms with van der Waals surface area (Å²) >= 11 is 2.24. The average Bonchev–Trinajstić information content (AvgIpc) is 2.34. The van der Waals surface area contributed by atoms with E-state index >= 15 is 0 Å². The fourth-order valence-corrected chi connectivity index (χ4v) is 1.82. The van der Waals surface area contributed by atoms with Crippen LogP contribution in [0.5, 0.6) is 0 Å². The Morgan fingerprint density at radius 3 is 2.92 bits per heavy atom. The lowest BCUT2D eigenvalue weighted by Crippen LogP contribution is -2.37. The SMILES string of the molecule is CCOC(=O)[C@]1(C)COCC1I. The summed E-state index contributed by atoms with van der Waals surface area (Å²) in [6.45, 7) is 5.29. The van der Waals surface area contributed by atoms with Crippen LogP contribution >= 0.6 is 22.6 Å². The molecule has 70 valence electrons. The quantitative estimate of drug-likeness (QED) is 0.437. The molecule has 1 rings (SSSR count). The Kier molecular flexibility index (Phi) is 3.34. The van der Waals surface area contributed by atoms with Gasteiger partial charge in [0.2, 0.25) is 0 Å². The van der Waals surface area contributed by atoms with E-state index in [9.17, 15) is 4.79 Å². The van der Waals surface area contributed by atoms with Crippen LogP contribution in [-0.2, 0) is 14.3 Å². The van der Waals surface area contributed by atoms with Crippen LogP contribution in [0.15, 0.2) is 0 Å². The van der Waals surface area contributed by atoms with Gasteiger partial charge in [-0.3, -0.25) is 4.79 Å². The smallest absolute Gasteiger partial charge is 0.315 e. The number of halogens is 1. The van der Waals surface area contributed by atoms with E-state index in [4.69, 9.17) is 9.47 Å². The lowest BCUT2D eigenvalue weighted by molar-refractivity contribution is -0.153. The lowest BCUT2D eigenvalue weighted by atomic mass is 9.90. The highest BCUT2D eigenvalue weighted by Crippen LogP contribution is 2.35. The molecule has 0 radical (unpaired) electrons. The maximum atomic E-state index is 11.5. The lowest BCUT2D eigenvalue weighted by Gasteiger charge is -2.22. The minimum atomic E-state index is -0.434. The number of esters is 1. The Morgan fingerprint density at radius 2 is 2.50 bits per heavy atom. The van der Waals surface area contributed by atoms with Crippen LogP contribution in [-0.4, -0.2) is 29.7 Å². The second kappa shape index (κ2) is 3.91. The first kappa shape index (κ1) is 10.2. The summed E-state index contributed by atoms with van der Waals surface area (Å²) in [4.78, 5) is 11.5. The first-order chi connectivity index (χ1) is 5.61. The Hall–Kier alpha value is 0.160. The van der Waals surface area contributed by atoms with Gasteiger partial charge in [-0.1, -0.05) is 22.6 Å². The van der Waals surface area contributed by atoms with E-state index in [1.165, 1.54) is 0 Å². The molecule has 1 fully saturated rings. The molecule has 0 N–H and O–H groups in total. The highest BCUT2D eigenvalue weighted by Gasteiger charge is 2.46. The van der Waals surface area contributed by atoms with Gasteiger partial charge in [0.25, 0.3) is 0 Å². The largest absolute Gasteiger partial charge is 0.465 e. The molecule has 12 heavy (non-hydrogen) atoms. The normalized spacial score (nSPS) is 35.1. The molecule has 3 nitrogen and oxygen atoms in total. The predicted molar refractivity (Wildman–Crippen MR) is 53.4 cm³/mol. The molecular weight excluding hydrogens is 271 g/mol. The second-order valence-corrected chi connectivity index (χ2v) is 4.62. The zero-order chi connectivity index (χ0) is 9.19. The molecule has 0 aromatic heterocycles. The third-order valence-electron chi connectivity index (χ3n) is 2.10. The van der Waals surface area contributed by atoms with Crippen molar-refractivity contribution in [3.05, 3.63) is 0 Å². The molecule has 0 aromatic carbocycles. The summed E-state index contributed by atoms with van der Waals surface area (Å²) < 4.78 is 10.4. The van der Waals surface area contributed by atoms with Gasteiger partial charge in [0.05, 0.1) is 23.7 Å². The molecule has 1 saturated heterocycles. The fourth-order valence-electron chi connectivity index (χ4n) is 1.13. The molecule has 2 atom stereocenters. The number of ether oxygens (including phenoxy) is 2. The zero-order valence-corrected chi connectivity index (χ0v) is 9.46. The molecular formula is C8H13IO3. The number of carbonyl (C=O) groups is 1. The van der Waals surface area contributed by atoms with Crippen LogP contribution in [0.2, 0.25) is 0 Å². The molecule has 0 spiro atoms. The van der Waals surface area contributed by atoms with Crippen LogP contribution in [0.25, 0.3) is 0 Å². The standard InChI is InChI=1S/C8H13IO3/c1-3-12-7(10)8(2)5-11-4-6(8)9/h6H,3-5H2,1-2H3/t6?,8-/m1/s1. The van der Waals surface area contributed by atoms with Crippen LogP contribution in [0.1, 0.15) is 13.8 Å². The summed E-state index contributed by atoms with van der Waals surface area (Å²) in [6.07, 6.45) is 0. The highest BCUT2D eigenvalue weighted by atomic mass is 127. The van der Waals surface area contributed by atoms with Crippen molar-refractivity contribution in [3.8, 4) is 0 Å². The van der Waals surface area contributed by atoms with Crippen LogP contribution < -0.4 is 0 Å². The number of carbonyl (C=O) groups excluding carboxylic acids is 1. The molecule has 4 heteroatoms. The molecule has 1 unspecified atom stereocenters. The van der Waals surface area contributed by atoms with Gasteiger partial charge in [-0.2, -0.15) is 0 Å². The summed E-state index contributed by atoms with van der Waals surface area (Å²) in [5, 5.41) is 0. The van der Waals surface area contributed by atoms with E-state index in [1.54, 1.807) is 0 Å². The van der Waals surface area contributed by atoms with E-state index < -0.39 is 5.41 Å². The Labute approximate surface area is 85.9 Å². The average molecular weight is 284 g/mol. The third-order valence-corrected chi connectivity index (χ3v) is 3.83. The first-order valence-electron chi connectivity index (χ1n) is 4.00. The molecule has 0 amide bonds. The fraction of sp³-hybridized carbons (Fsp3) is 0.875. The van der Waals surface area contributed by atoms with Crippen molar-refractivity contribution in [2.24, 2.45) is 5.41 Å². The first-order valence-corrected chi connectivity index (χ1v) is 5.25. The minimum Gasteiger partial charge on any atom is -0.465 e. The van der Waals surface area contributed by atoms with E-state index in [2.05, 4.69) is 22.6 Å². The van der Waals surface area contributed by atoms with Gasteiger partial charge in [0, 0.05) is 0 Å². The molecule has 0 bridgehead atoms. The number of hydrogen-bond donors (Lipinski definition) is 0. The molecule has 1 heterocycles. The van der Waals surface area contributed by atoms with Crippen molar-refractivity contribution in [1.82, 2.24) is 0 Å². The molecule has 0 aromatic rings. The summed E-state index contributed by atoms with van der Waals surface area (Å²) in [5.41, 5.74) is -0.434. The van der Waals surface area contributed by atoms with Gasteiger partial charge in [-0.05, 0) is 13.8 Å². The van der Waals surface area contributed by atoms with Gasteiger partial charge < -0.3 is 9.47 Å². The number of alkyl halides is 1. The van der Waals surface area contributed by atoms with Gasteiger partial charge in [-0.25, -0.2) is 0 Å². The van der Waals surface area contributed by atoms with Crippen LogP contribution in [0.3, 0.4) is 0 Å². The van der Waals surface area contributed by atoms with Gasteiger partial charge in [0.15, 0.2) is 0 Å². The van der Waals surface area contributed by atoms with E-state index in [1.807, 2.05) is 13.8 Å².